The van der Waals surface area contributed by atoms with E-state index in [9.17, 15) is 0 Å². The van der Waals surface area contributed by atoms with Crippen molar-refractivity contribution in [1.29, 1.82) is 0 Å². The van der Waals surface area contributed by atoms with Gasteiger partial charge in [-0.25, -0.2) is 19.3 Å². The van der Waals surface area contributed by atoms with Crippen LogP contribution in [0.1, 0.15) is 41.8 Å². The number of benzene rings is 1. The van der Waals surface area contributed by atoms with Gasteiger partial charge in [-0.15, -0.1) is 11.3 Å². The molecule has 0 saturated carbocycles. The highest BCUT2D eigenvalue weighted by molar-refractivity contribution is 7.13. The first-order chi connectivity index (χ1) is 20.0. The number of fused-ring (bicyclic) bond motifs is 2. The van der Waals surface area contributed by atoms with E-state index < -0.39 is 0 Å². The molecule has 4 aromatic heterocycles. The molecule has 0 aliphatic carbocycles. The Morgan fingerprint density at radius 3 is 2.76 bits per heavy atom. The Morgan fingerprint density at radius 1 is 1.05 bits per heavy atom. The SMILES string of the molecule is Cc1cc(CN2CCCCC2)cc(-c2cnc3c(c2F)C(c2nc4nccc(-c5cccs5)c4[nH]2)=CNCN3C)c1. The molecule has 1 aromatic carbocycles. The summed E-state index contributed by atoms with van der Waals surface area (Å²) in [5.74, 6) is 0.808. The van der Waals surface area contributed by atoms with E-state index in [2.05, 4.69) is 50.7 Å². The zero-order chi connectivity index (χ0) is 27.9. The van der Waals surface area contributed by atoms with Crippen LogP contribution in [-0.4, -0.2) is 51.6 Å². The van der Waals surface area contributed by atoms with Gasteiger partial charge in [0.25, 0.3) is 0 Å². The fourth-order valence-corrected chi connectivity index (χ4v) is 6.75. The maximum Gasteiger partial charge on any atom is 0.178 e. The maximum atomic E-state index is 16.8. The summed E-state index contributed by atoms with van der Waals surface area (Å²) in [7, 11) is 1.91. The fourth-order valence-electron chi connectivity index (χ4n) is 5.99. The third-order valence-corrected chi connectivity index (χ3v) is 8.84. The molecule has 0 amide bonds. The molecular formula is C32H32FN7S. The minimum Gasteiger partial charge on any atom is -0.373 e. The average molecular weight is 566 g/mol. The highest BCUT2D eigenvalue weighted by atomic mass is 32.1. The molecule has 0 unspecified atom stereocenters. The van der Waals surface area contributed by atoms with Crippen molar-refractivity contribution in [2.24, 2.45) is 0 Å². The number of thiophene rings is 1. The first kappa shape index (κ1) is 25.9. The van der Waals surface area contributed by atoms with E-state index in [4.69, 9.17) is 9.97 Å². The zero-order valence-electron chi connectivity index (χ0n) is 23.2. The van der Waals surface area contributed by atoms with E-state index in [1.165, 1.54) is 24.8 Å². The van der Waals surface area contributed by atoms with Crippen LogP contribution in [0.15, 0.2) is 60.4 Å². The van der Waals surface area contributed by atoms with Crippen molar-refractivity contribution in [3.05, 3.63) is 88.7 Å². The van der Waals surface area contributed by atoms with Crippen molar-refractivity contribution in [2.75, 3.05) is 31.7 Å². The van der Waals surface area contributed by atoms with Gasteiger partial charge in [0.05, 0.1) is 17.7 Å². The normalized spacial score (nSPS) is 15.9. The van der Waals surface area contributed by atoms with Crippen molar-refractivity contribution in [1.82, 2.24) is 30.2 Å². The molecule has 41 heavy (non-hydrogen) atoms. The molecule has 6 heterocycles. The number of aromatic nitrogens is 4. The summed E-state index contributed by atoms with van der Waals surface area (Å²) in [5.41, 5.74) is 7.14. The van der Waals surface area contributed by atoms with Crippen LogP contribution in [0, 0.1) is 12.7 Å². The molecule has 0 spiro atoms. The van der Waals surface area contributed by atoms with Crippen LogP contribution >= 0.6 is 11.3 Å². The third kappa shape index (κ3) is 4.89. The first-order valence-electron chi connectivity index (χ1n) is 14.1. The van der Waals surface area contributed by atoms with Crippen LogP contribution in [-0.2, 0) is 6.54 Å². The fraction of sp³-hybridized carbons (Fsp3) is 0.281. The maximum absolute atomic E-state index is 16.8. The lowest BCUT2D eigenvalue weighted by Gasteiger charge is -2.26. The van der Waals surface area contributed by atoms with E-state index in [1.54, 1.807) is 23.7 Å². The van der Waals surface area contributed by atoms with Crippen LogP contribution < -0.4 is 10.2 Å². The number of hydrogen-bond acceptors (Lipinski definition) is 7. The van der Waals surface area contributed by atoms with Gasteiger partial charge in [-0.3, -0.25) is 4.90 Å². The highest BCUT2D eigenvalue weighted by Gasteiger charge is 2.27. The topological polar surface area (TPSA) is 73.0 Å². The van der Waals surface area contributed by atoms with Crippen molar-refractivity contribution in [3.8, 4) is 21.6 Å². The first-order valence-corrected chi connectivity index (χ1v) is 15.0. The Kier molecular flexibility index (Phi) is 6.76. The van der Waals surface area contributed by atoms with Gasteiger partial charge >= 0.3 is 0 Å². The molecular weight excluding hydrogens is 533 g/mol. The number of hydrogen-bond donors (Lipinski definition) is 2. The lowest BCUT2D eigenvalue weighted by Crippen LogP contribution is -2.29. The van der Waals surface area contributed by atoms with Crippen molar-refractivity contribution in [3.63, 3.8) is 0 Å². The molecule has 2 aliphatic heterocycles. The number of imidazole rings is 1. The number of aromatic amines is 1. The molecule has 0 bridgehead atoms. The predicted octanol–water partition coefficient (Wildman–Crippen LogP) is 6.57. The van der Waals surface area contributed by atoms with Crippen LogP contribution in [0.4, 0.5) is 10.2 Å². The van der Waals surface area contributed by atoms with Crippen LogP contribution in [0.5, 0.6) is 0 Å². The zero-order valence-corrected chi connectivity index (χ0v) is 24.1. The van der Waals surface area contributed by atoms with Crippen LogP contribution in [0.2, 0.25) is 0 Å². The summed E-state index contributed by atoms with van der Waals surface area (Å²) in [6, 6.07) is 12.5. The smallest absolute Gasteiger partial charge is 0.178 e. The number of H-pyrrole nitrogens is 1. The Bertz CT molecular complexity index is 1750. The summed E-state index contributed by atoms with van der Waals surface area (Å²) in [6.45, 7) is 5.68. The largest absolute Gasteiger partial charge is 0.373 e. The summed E-state index contributed by atoms with van der Waals surface area (Å²) in [4.78, 5) is 23.1. The second-order valence-electron chi connectivity index (χ2n) is 11.0. The molecule has 2 N–H and O–H groups in total. The average Bonchev–Trinajstić information content (AvgIpc) is 3.63. The van der Waals surface area contributed by atoms with Crippen molar-refractivity contribution >= 4 is 33.9 Å². The second kappa shape index (κ2) is 10.7. The minimum atomic E-state index is -0.307. The molecule has 2 aliphatic rings. The molecule has 7 rings (SSSR count). The van der Waals surface area contributed by atoms with Gasteiger partial charge in [0.15, 0.2) is 5.65 Å². The highest BCUT2D eigenvalue weighted by Crippen LogP contribution is 2.38. The van der Waals surface area contributed by atoms with Gasteiger partial charge in [-0.2, -0.15) is 0 Å². The number of aryl methyl sites for hydroxylation is 1. The lowest BCUT2D eigenvalue weighted by atomic mass is 9.96. The molecule has 9 heteroatoms. The molecule has 0 atom stereocenters. The number of piperidine rings is 1. The summed E-state index contributed by atoms with van der Waals surface area (Å²) < 4.78 is 16.8. The monoisotopic (exact) mass is 565 g/mol. The second-order valence-corrected chi connectivity index (χ2v) is 11.9. The summed E-state index contributed by atoms with van der Waals surface area (Å²) in [6.07, 6.45) is 9.05. The predicted molar refractivity (Wildman–Crippen MR) is 164 cm³/mol. The molecule has 7 nitrogen and oxygen atoms in total. The number of halogens is 1. The number of rotatable bonds is 5. The number of nitrogens with zero attached hydrogens (tertiary/aromatic N) is 5. The number of anilines is 1. The molecule has 0 radical (unpaired) electrons. The quantitative estimate of drug-likeness (QED) is 0.251. The van der Waals surface area contributed by atoms with E-state index in [0.29, 0.717) is 40.7 Å². The Labute approximate surface area is 242 Å². The minimum absolute atomic E-state index is 0.307. The Morgan fingerprint density at radius 2 is 1.93 bits per heavy atom. The van der Waals surface area contributed by atoms with Crippen LogP contribution in [0.25, 0.3) is 38.3 Å². The van der Waals surface area contributed by atoms with Gasteiger partial charge in [0, 0.05) is 53.8 Å². The summed E-state index contributed by atoms with van der Waals surface area (Å²) in [5, 5.41) is 5.35. The molecule has 1 saturated heterocycles. The van der Waals surface area contributed by atoms with E-state index in [1.807, 2.05) is 36.3 Å². The van der Waals surface area contributed by atoms with Gasteiger partial charge in [-0.05, 0) is 67.6 Å². The Hall–Kier alpha value is -4.08. The van der Waals surface area contributed by atoms with Gasteiger partial charge in [0.2, 0.25) is 0 Å². The van der Waals surface area contributed by atoms with E-state index in [-0.39, 0.29) is 5.82 Å². The third-order valence-electron chi connectivity index (χ3n) is 7.94. The van der Waals surface area contributed by atoms with Gasteiger partial charge in [0.1, 0.15) is 17.5 Å². The van der Waals surface area contributed by atoms with Gasteiger partial charge < -0.3 is 15.2 Å². The number of pyridine rings is 2. The van der Waals surface area contributed by atoms with Crippen molar-refractivity contribution < 1.29 is 4.39 Å². The molecule has 5 aromatic rings. The lowest BCUT2D eigenvalue weighted by molar-refractivity contribution is 0.221. The Balaban J connectivity index is 1.33. The van der Waals surface area contributed by atoms with E-state index >= 15 is 4.39 Å². The standard InChI is InChI=1S/C32H32FN7S/c1-20-13-21(18-40-10-4-3-5-11-40)15-22(14-20)24-17-36-32-27(28(24)33)25(16-34-19-39(32)2)30-37-29-23(26-7-6-12-41-26)8-9-35-31(29)38-30/h6-9,12-17,34H,3-5,10-11,18-19H2,1-2H3,(H,35,37,38). The number of nitrogens with one attached hydrogen (secondary N) is 2. The molecule has 208 valence electrons. The van der Waals surface area contributed by atoms with E-state index in [0.717, 1.165) is 46.7 Å². The molecule has 1 fully saturated rings. The van der Waals surface area contributed by atoms with Crippen LogP contribution in [0.3, 0.4) is 0 Å². The number of likely N-dealkylation sites (tertiary alicyclic amines) is 1. The van der Waals surface area contributed by atoms with Gasteiger partial charge in [-0.1, -0.05) is 30.2 Å². The van der Waals surface area contributed by atoms with Crippen molar-refractivity contribution in [2.45, 2.75) is 32.7 Å². The summed E-state index contributed by atoms with van der Waals surface area (Å²) >= 11 is 1.66.